The standard InChI is InChI=1S/C21H28N4O2.HI/c1-22-20(26)18-9-6-8-17(16-18)12-14-25-21(23-2)24-13-7-15-27-19-10-4-3-5-11-19;/h3-6,8-11,16H,7,12-15H2,1-2H3,(H,22,26)(H2,23,24,25);1H. The molecule has 0 spiro atoms. The van der Waals surface area contributed by atoms with Crippen LogP contribution in [0.3, 0.4) is 0 Å². The Morgan fingerprint density at radius 3 is 2.50 bits per heavy atom. The van der Waals surface area contributed by atoms with Crippen molar-refractivity contribution in [3.63, 3.8) is 0 Å². The van der Waals surface area contributed by atoms with E-state index in [1.807, 2.05) is 54.6 Å². The number of carbonyl (C=O) groups is 1. The highest BCUT2D eigenvalue weighted by atomic mass is 127. The number of hydrogen-bond acceptors (Lipinski definition) is 3. The molecule has 0 saturated carbocycles. The lowest BCUT2D eigenvalue weighted by Gasteiger charge is -2.12. The highest BCUT2D eigenvalue weighted by Crippen LogP contribution is 2.08. The quantitative estimate of drug-likeness (QED) is 0.216. The van der Waals surface area contributed by atoms with E-state index in [2.05, 4.69) is 20.9 Å². The molecule has 0 aromatic heterocycles. The number of nitrogens with zero attached hydrogens (tertiary/aromatic N) is 1. The van der Waals surface area contributed by atoms with Gasteiger partial charge in [0.1, 0.15) is 5.75 Å². The van der Waals surface area contributed by atoms with Gasteiger partial charge in [0.25, 0.3) is 5.91 Å². The number of carbonyl (C=O) groups excluding carboxylic acids is 1. The number of ether oxygens (including phenoxy) is 1. The van der Waals surface area contributed by atoms with E-state index >= 15 is 0 Å². The van der Waals surface area contributed by atoms with Crippen molar-refractivity contribution in [2.45, 2.75) is 12.8 Å². The molecule has 3 N–H and O–H groups in total. The summed E-state index contributed by atoms with van der Waals surface area (Å²) < 4.78 is 5.67. The molecule has 0 unspecified atom stereocenters. The molecule has 6 nitrogen and oxygen atoms in total. The van der Waals surface area contributed by atoms with Crippen molar-refractivity contribution in [2.75, 3.05) is 33.8 Å². The van der Waals surface area contributed by atoms with E-state index in [-0.39, 0.29) is 29.9 Å². The maximum absolute atomic E-state index is 11.7. The molecule has 2 rings (SSSR count). The van der Waals surface area contributed by atoms with Gasteiger partial charge in [-0.25, -0.2) is 0 Å². The zero-order valence-corrected chi connectivity index (χ0v) is 18.7. The van der Waals surface area contributed by atoms with Crippen molar-refractivity contribution >= 4 is 35.8 Å². The zero-order valence-electron chi connectivity index (χ0n) is 16.4. The van der Waals surface area contributed by atoms with Crippen molar-refractivity contribution in [3.8, 4) is 5.75 Å². The van der Waals surface area contributed by atoms with E-state index in [9.17, 15) is 4.79 Å². The van der Waals surface area contributed by atoms with Crippen LogP contribution in [0.15, 0.2) is 59.6 Å². The topological polar surface area (TPSA) is 74.8 Å². The van der Waals surface area contributed by atoms with Crippen LogP contribution in [0.2, 0.25) is 0 Å². The minimum absolute atomic E-state index is 0. The predicted molar refractivity (Wildman–Crippen MR) is 125 cm³/mol. The summed E-state index contributed by atoms with van der Waals surface area (Å²) in [6.45, 7) is 2.16. The fourth-order valence-corrected chi connectivity index (χ4v) is 2.54. The molecule has 0 aliphatic carbocycles. The van der Waals surface area contributed by atoms with E-state index in [4.69, 9.17) is 4.74 Å². The summed E-state index contributed by atoms with van der Waals surface area (Å²) in [5.41, 5.74) is 1.78. The molecule has 0 heterocycles. The second kappa shape index (κ2) is 13.8. The summed E-state index contributed by atoms with van der Waals surface area (Å²) in [4.78, 5) is 15.9. The van der Waals surface area contributed by atoms with Crippen LogP contribution in [0.1, 0.15) is 22.3 Å². The summed E-state index contributed by atoms with van der Waals surface area (Å²) in [7, 11) is 3.39. The molecule has 0 aliphatic heterocycles. The Balaban J connectivity index is 0.00000392. The maximum Gasteiger partial charge on any atom is 0.251 e. The largest absolute Gasteiger partial charge is 0.494 e. The lowest BCUT2D eigenvalue weighted by atomic mass is 10.1. The normalized spacial score (nSPS) is 10.6. The Morgan fingerprint density at radius 2 is 1.79 bits per heavy atom. The molecular formula is C21H29IN4O2. The third kappa shape index (κ3) is 8.60. The number of halogens is 1. The van der Waals surface area contributed by atoms with Crippen molar-refractivity contribution in [1.29, 1.82) is 0 Å². The molecule has 0 atom stereocenters. The van der Waals surface area contributed by atoms with Gasteiger partial charge in [-0.05, 0) is 42.7 Å². The third-order valence-corrected chi connectivity index (χ3v) is 3.97. The average molecular weight is 496 g/mol. The van der Waals surface area contributed by atoms with Crippen LogP contribution in [0.25, 0.3) is 0 Å². The smallest absolute Gasteiger partial charge is 0.251 e. The number of guanidine groups is 1. The lowest BCUT2D eigenvalue weighted by Crippen LogP contribution is -2.39. The molecule has 0 fully saturated rings. The summed E-state index contributed by atoms with van der Waals surface area (Å²) in [6.07, 6.45) is 1.69. The highest BCUT2D eigenvalue weighted by molar-refractivity contribution is 14.0. The Kier molecular flexibility index (Phi) is 11.7. The molecule has 152 valence electrons. The third-order valence-electron chi connectivity index (χ3n) is 3.97. The summed E-state index contributed by atoms with van der Waals surface area (Å²) >= 11 is 0. The first-order chi connectivity index (χ1) is 13.2. The molecular weight excluding hydrogens is 467 g/mol. The number of hydrogen-bond donors (Lipinski definition) is 3. The number of para-hydroxylation sites is 1. The average Bonchev–Trinajstić information content (AvgIpc) is 2.72. The first-order valence-electron chi connectivity index (χ1n) is 9.16. The molecule has 28 heavy (non-hydrogen) atoms. The van der Waals surface area contributed by atoms with Crippen molar-refractivity contribution < 1.29 is 9.53 Å². The number of rotatable bonds is 9. The lowest BCUT2D eigenvalue weighted by molar-refractivity contribution is 0.0963. The van der Waals surface area contributed by atoms with Crippen LogP contribution in [0.4, 0.5) is 0 Å². The van der Waals surface area contributed by atoms with E-state index in [0.29, 0.717) is 12.2 Å². The van der Waals surface area contributed by atoms with Gasteiger partial charge in [-0.2, -0.15) is 0 Å². The van der Waals surface area contributed by atoms with Gasteiger partial charge >= 0.3 is 0 Å². The minimum atomic E-state index is -0.0694. The van der Waals surface area contributed by atoms with Gasteiger partial charge in [0.15, 0.2) is 5.96 Å². The Bertz CT molecular complexity index is 738. The van der Waals surface area contributed by atoms with Crippen LogP contribution < -0.4 is 20.7 Å². The Labute approximate surface area is 184 Å². The van der Waals surface area contributed by atoms with Crippen molar-refractivity contribution in [3.05, 3.63) is 65.7 Å². The minimum Gasteiger partial charge on any atom is -0.494 e. The molecule has 0 radical (unpaired) electrons. The first-order valence-corrected chi connectivity index (χ1v) is 9.16. The fourth-order valence-electron chi connectivity index (χ4n) is 2.54. The predicted octanol–water partition coefficient (Wildman–Crippen LogP) is 2.84. The second-order valence-corrected chi connectivity index (χ2v) is 5.97. The Morgan fingerprint density at radius 1 is 1.04 bits per heavy atom. The molecule has 0 bridgehead atoms. The number of benzene rings is 2. The summed E-state index contributed by atoms with van der Waals surface area (Å²) in [5.74, 6) is 1.58. The van der Waals surface area contributed by atoms with Gasteiger partial charge in [-0.3, -0.25) is 9.79 Å². The van der Waals surface area contributed by atoms with E-state index in [1.54, 1.807) is 14.1 Å². The molecule has 0 saturated heterocycles. The summed E-state index contributed by atoms with van der Waals surface area (Å²) in [5, 5.41) is 9.20. The van der Waals surface area contributed by atoms with Crippen LogP contribution in [0, 0.1) is 0 Å². The van der Waals surface area contributed by atoms with Crippen LogP contribution >= 0.6 is 24.0 Å². The molecule has 0 aliphatic rings. The van der Waals surface area contributed by atoms with Gasteiger partial charge in [-0.15, -0.1) is 24.0 Å². The highest BCUT2D eigenvalue weighted by Gasteiger charge is 2.04. The zero-order chi connectivity index (χ0) is 19.3. The van der Waals surface area contributed by atoms with E-state index in [0.717, 1.165) is 43.2 Å². The number of aliphatic imine (C=N–C) groups is 1. The SMILES string of the molecule is CN=C(NCCCOc1ccccc1)NCCc1cccc(C(=O)NC)c1.I. The van der Waals surface area contributed by atoms with Gasteiger partial charge in [0.05, 0.1) is 6.61 Å². The van der Waals surface area contributed by atoms with Gasteiger partial charge in [-0.1, -0.05) is 30.3 Å². The molecule has 7 heteroatoms. The number of nitrogens with one attached hydrogen (secondary N) is 3. The monoisotopic (exact) mass is 496 g/mol. The molecule has 2 aromatic carbocycles. The van der Waals surface area contributed by atoms with E-state index in [1.165, 1.54) is 0 Å². The van der Waals surface area contributed by atoms with E-state index < -0.39 is 0 Å². The van der Waals surface area contributed by atoms with Crippen LogP contribution in [-0.2, 0) is 6.42 Å². The molecule has 1 amide bonds. The van der Waals surface area contributed by atoms with Gasteiger partial charge in [0.2, 0.25) is 0 Å². The van der Waals surface area contributed by atoms with Crippen LogP contribution in [0.5, 0.6) is 5.75 Å². The van der Waals surface area contributed by atoms with Gasteiger partial charge in [0, 0.05) is 32.7 Å². The second-order valence-electron chi connectivity index (χ2n) is 5.97. The first kappa shape index (κ1) is 23.7. The maximum atomic E-state index is 11.7. The summed E-state index contributed by atoms with van der Waals surface area (Å²) in [6, 6.07) is 17.4. The number of amides is 1. The van der Waals surface area contributed by atoms with Crippen molar-refractivity contribution in [2.24, 2.45) is 4.99 Å². The van der Waals surface area contributed by atoms with Crippen LogP contribution in [-0.4, -0.2) is 45.7 Å². The fraction of sp³-hybridized carbons (Fsp3) is 0.333. The molecule has 2 aromatic rings. The van der Waals surface area contributed by atoms with Gasteiger partial charge < -0.3 is 20.7 Å². The Hall–Kier alpha value is -2.29. The van der Waals surface area contributed by atoms with Crippen molar-refractivity contribution in [1.82, 2.24) is 16.0 Å².